The van der Waals surface area contributed by atoms with Crippen molar-refractivity contribution in [2.75, 3.05) is 26.3 Å². The first-order valence-corrected chi connectivity index (χ1v) is 6.25. The SMILES string of the molecule is N=C(c1cccc2ccccc12)N1CCOCC1. The number of nitrogens with one attached hydrogen (secondary N) is 1. The first-order chi connectivity index (χ1) is 8.86. The number of hydrogen-bond acceptors (Lipinski definition) is 2. The number of nitrogens with zero attached hydrogens (tertiary/aromatic N) is 1. The first-order valence-electron chi connectivity index (χ1n) is 6.25. The minimum atomic E-state index is 0.607. The molecule has 92 valence electrons. The molecule has 1 aliphatic rings. The lowest BCUT2D eigenvalue weighted by Crippen LogP contribution is -2.40. The molecule has 0 bridgehead atoms. The Kier molecular flexibility index (Phi) is 2.99. The van der Waals surface area contributed by atoms with Crippen molar-refractivity contribution in [2.45, 2.75) is 0 Å². The molecule has 18 heavy (non-hydrogen) atoms. The molecule has 1 heterocycles. The van der Waals surface area contributed by atoms with Crippen molar-refractivity contribution in [1.29, 1.82) is 5.41 Å². The molecule has 3 heteroatoms. The van der Waals surface area contributed by atoms with Crippen molar-refractivity contribution >= 4 is 16.6 Å². The standard InChI is InChI=1S/C15H16N2O/c16-15(17-8-10-18-11-9-17)14-7-3-5-12-4-1-2-6-13(12)14/h1-7,16H,8-11H2. The molecule has 0 saturated carbocycles. The third-order valence-electron chi connectivity index (χ3n) is 3.37. The van der Waals surface area contributed by atoms with Crippen LogP contribution in [-0.4, -0.2) is 37.0 Å². The molecule has 1 aliphatic heterocycles. The number of fused-ring (bicyclic) bond motifs is 1. The van der Waals surface area contributed by atoms with Crippen LogP contribution in [0.4, 0.5) is 0 Å². The average Bonchev–Trinajstić information content (AvgIpc) is 2.47. The van der Waals surface area contributed by atoms with Gasteiger partial charge in [-0.25, -0.2) is 0 Å². The van der Waals surface area contributed by atoms with E-state index in [0.29, 0.717) is 19.0 Å². The Bertz CT molecular complexity index is 568. The van der Waals surface area contributed by atoms with Gasteiger partial charge in [-0.15, -0.1) is 0 Å². The van der Waals surface area contributed by atoms with Gasteiger partial charge in [-0.3, -0.25) is 5.41 Å². The van der Waals surface area contributed by atoms with Crippen molar-refractivity contribution in [2.24, 2.45) is 0 Å². The Balaban J connectivity index is 2.00. The highest BCUT2D eigenvalue weighted by molar-refractivity contribution is 6.08. The fourth-order valence-electron chi connectivity index (χ4n) is 2.39. The number of benzene rings is 2. The Hall–Kier alpha value is -1.87. The van der Waals surface area contributed by atoms with Crippen molar-refractivity contribution in [3.05, 3.63) is 48.0 Å². The smallest absolute Gasteiger partial charge is 0.128 e. The summed E-state index contributed by atoms with van der Waals surface area (Å²) < 4.78 is 5.33. The molecule has 3 rings (SSSR count). The zero-order valence-electron chi connectivity index (χ0n) is 10.2. The molecular formula is C15H16N2O. The third kappa shape index (κ3) is 1.97. The van der Waals surface area contributed by atoms with E-state index in [9.17, 15) is 0 Å². The quantitative estimate of drug-likeness (QED) is 0.614. The Labute approximate surface area is 106 Å². The van der Waals surface area contributed by atoms with E-state index in [-0.39, 0.29) is 0 Å². The van der Waals surface area contributed by atoms with E-state index < -0.39 is 0 Å². The molecule has 0 atom stereocenters. The molecule has 0 amide bonds. The fourth-order valence-corrected chi connectivity index (χ4v) is 2.39. The van der Waals surface area contributed by atoms with Crippen LogP contribution in [0.25, 0.3) is 10.8 Å². The third-order valence-corrected chi connectivity index (χ3v) is 3.37. The summed E-state index contributed by atoms with van der Waals surface area (Å²) in [6.07, 6.45) is 0. The van der Waals surface area contributed by atoms with Gasteiger partial charge < -0.3 is 9.64 Å². The number of hydrogen-bond donors (Lipinski definition) is 1. The molecule has 0 aromatic heterocycles. The van der Waals surface area contributed by atoms with Gasteiger partial charge >= 0.3 is 0 Å². The monoisotopic (exact) mass is 240 g/mol. The van der Waals surface area contributed by atoms with Crippen molar-refractivity contribution < 1.29 is 4.74 Å². The van der Waals surface area contributed by atoms with E-state index in [0.717, 1.165) is 24.0 Å². The number of ether oxygens (including phenoxy) is 1. The zero-order chi connectivity index (χ0) is 12.4. The molecule has 1 N–H and O–H groups in total. The van der Waals surface area contributed by atoms with Crippen molar-refractivity contribution in [1.82, 2.24) is 4.90 Å². The highest BCUT2D eigenvalue weighted by Crippen LogP contribution is 2.20. The summed E-state index contributed by atoms with van der Waals surface area (Å²) in [7, 11) is 0. The van der Waals surface area contributed by atoms with Gasteiger partial charge in [0.25, 0.3) is 0 Å². The van der Waals surface area contributed by atoms with Crippen LogP contribution in [-0.2, 0) is 4.74 Å². The second-order valence-electron chi connectivity index (χ2n) is 4.47. The Morgan fingerprint density at radius 3 is 2.56 bits per heavy atom. The predicted octanol–water partition coefficient (Wildman–Crippen LogP) is 2.50. The topological polar surface area (TPSA) is 36.3 Å². The second kappa shape index (κ2) is 4.78. The summed E-state index contributed by atoms with van der Waals surface area (Å²) in [5.74, 6) is 0.607. The number of morpholine rings is 1. The zero-order valence-corrected chi connectivity index (χ0v) is 10.2. The molecule has 3 nitrogen and oxygen atoms in total. The van der Waals surface area contributed by atoms with Crippen molar-refractivity contribution in [3.63, 3.8) is 0 Å². The highest BCUT2D eigenvalue weighted by Gasteiger charge is 2.16. The van der Waals surface area contributed by atoms with E-state index in [4.69, 9.17) is 10.1 Å². The summed E-state index contributed by atoms with van der Waals surface area (Å²) >= 11 is 0. The van der Waals surface area contributed by atoms with Crippen LogP contribution in [0.2, 0.25) is 0 Å². The fraction of sp³-hybridized carbons (Fsp3) is 0.267. The molecule has 0 spiro atoms. The Morgan fingerprint density at radius 1 is 1.00 bits per heavy atom. The van der Waals surface area contributed by atoms with Crippen LogP contribution in [0.15, 0.2) is 42.5 Å². The molecule has 0 radical (unpaired) electrons. The Morgan fingerprint density at radius 2 is 1.72 bits per heavy atom. The molecule has 1 saturated heterocycles. The van der Waals surface area contributed by atoms with Crippen LogP contribution in [0.1, 0.15) is 5.56 Å². The molecule has 0 unspecified atom stereocenters. The maximum absolute atomic E-state index is 8.38. The van der Waals surface area contributed by atoms with Gasteiger partial charge in [0, 0.05) is 18.7 Å². The van der Waals surface area contributed by atoms with Crippen LogP contribution in [0, 0.1) is 5.41 Å². The van der Waals surface area contributed by atoms with Gasteiger partial charge in [0.15, 0.2) is 0 Å². The van der Waals surface area contributed by atoms with Gasteiger partial charge in [0.1, 0.15) is 5.84 Å². The largest absolute Gasteiger partial charge is 0.378 e. The number of rotatable bonds is 1. The van der Waals surface area contributed by atoms with Gasteiger partial charge in [0.05, 0.1) is 13.2 Å². The van der Waals surface area contributed by atoms with Crippen LogP contribution >= 0.6 is 0 Å². The van der Waals surface area contributed by atoms with Gasteiger partial charge in [-0.05, 0) is 10.8 Å². The predicted molar refractivity (Wildman–Crippen MR) is 73.2 cm³/mol. The van der Waals surface area contributed by atoms with Gasteiger partial charge in [-0.1, -0.05) is 42.5 Å². The summed E-state index contributed by atoms with van der Waals surface area (Å²) in [6, 6.07) is 14.4. The summed E-state index contributed by atoms with van der Waals surface area (Å²) in [6.45, 7) is 3.05. The van der Waals surface area contributed by atoms with Crippen LogP contribution in [0.3, 0.4) is 0 Å². The normalized spacial score (nSPS) is 15.9. The average molecular weight is 240 g/mol. The maximum Gasteiger partial charge on any atom is 0.128 e. The lowest BCUT2D eigenvalue weighted by atomic mass is 10.0. The molecular weight excluding hydrogens is 224 g/mol. The van der Waals surface area contributed by atoms with E-state index in [1.807, 2.05) is 24.3 Å². The van der Waals surface area contributed by atoms with Gasteiger partial charge in [0.2, 0.25) is 0 Å². The minimum absolute atomic E-state index is 0.607. The lowest BCUT2D eigenvalue weighted by molar-refractivity contribution is 0.0680. The summed E-state index contributed by atoms with van der Waals surface area (Å²) in [5.41, 5.74) is 1.01. The summed E-state index contributed by atoms with van der Waals surface area (Å²) in [4.78, 5) is 2.09. The van der Waals surface area contributed by atoms with Gasteiger partial charge in [-0.2, -0.15) is 0 Å². The molecule has 1 fully saturated rings. The molecule has 2 aromatic carbocycles. The molecule has 0 aliphatic carbocycles. The number of amidine groups is 1. The van der Waals surface area contributed by atoms with Crippen LogP contribution < -0.4 is 0 Å². The van der Waals surface area contributed by atoms with E-state index >= 15 is 0 Å². The highest BCUT2D eigenvalue weighted by atomic mass is 16.5. The van der Waals surface area contributed by atoms with E-state index in [1.165, 1.54) is 5.39 Å². The summed E-state index contributed by atoms with van der Waals surface area (Å²) in [5, 5.41) is 10.7. The lowest BCUT2D eigenvalue weighted by Gasteiger charge is -2.29. The first kappa shape index (κ1) is 11.2. The maximum atomic E-state index is 8.38. The van der Waals surface area contributed by atoms with Crippen LogP contribution in [0.5, 0.6) is 0 Å². The van der Waals surface area contributed by atoms with Crippen molar-refractivity contribution in [3.8, 4) is 0 Å². The minimum Gasteiger partial charge on any atom is -0.378 e. The van der Waals surface area contributed by atoms with E-state index in [1.54, 1.807) is 0 Å². The molecule has 2 aromatic rings. The second-order valence-corrected chi connectivity index (χ2v) is 4.47. The van der Waals surface area contributed by atoms with E-state index in [2.05, 4.69) is 23.1 Å².